The summed E-state index contributed by atoms with van der Waals surface area (Å²) in [5.74, 6) is 1.00. The molecule has 1 saturated carbocycles. The summed E-state index contributed by atoms with van der Waals surface area (Å²) in [6.45, 7) is 15.2. The SMILES string of the molecule is CCCNC(CC1CC1)C(CC)(CC)N(CC)CC. The maximum absolute atomic E-state index is 3.89. The second kappa shape index (κ2) is 8.26. The van der Waals surface area contributed by atoms with E-state index in [2.05, 4.69) is 44.8 Å². The molecule has 114 valence electrons. The predicted molar refractivity (Wildman–Crippen MR) is 85.7 cm³/mol. The van der Waals surface area contributed by atoms with Gasteiger partial charge in [-0.05, 0) is 51.2 Å². The van der Waals surface area contributed by atoms with Crippen LogP contribution in [0, 0.1) is 5.92 Å². The fourth-order valence-corrected chi connectivity index (χ4v) is 3.76. The minimum Gasteiger partial charge on any atom is -0.312 e. The molecule has 1 aliphatic carbocycles. The zero-order valence-corrected chi connectivity index (χ0v) is 14.0. The summed E-state index contributed by atoms with van der Waals surface area (Å²) in [6, 6.07) is 0.676. The van der Waals surface area contributed by atoms with Gasteiger partial charge in [0.2, 0.25) is 0 Å². The summed E-state index contributed by atoms with van der Waals surface area (Å²) < 4.78 is 0. The van der Waals surface area contributed by atoms with Crippen LogP contribution < -0.4 is 5.32 Å². The van der Waals surface area contributed by atoms with Gasteiger partial charge in [-0.25, -0.2) is 0 Å². The van der Waals surface area contributed by atoms with E-state index in [1.54, 1.807) is 0 Å². The highest BCUT2D eigenvalue weighted by molar-refractivity contribution is 5.00. The Hall–Kier alpha value is -0.0800. The summed E-state index contributed by atoms with van der Waals surface area (Å²) in [7, 11) is 0. The van der Waals surface area contributed by atoms with Gasteiger partial charge in [0.15, 0.2) is 0 Å². The van der Waals surface area contributed by atoms with Crippen LogP contribution in [-0.2, 0) is 0 Å². The van der Waals surface area contributed by atoms with E-state index < -0.39 is 0 Å². The number of rotatable bonds is 11. The van der Waals surface area contributed by atoms with Gasteiger partial charge in [0.05, 0.1) is 0 Å². The summed E-state index contributed by atoms with van der Waals surface area (Å²) >= 11 is 0. The van der Waals surface area contributed by atoms with Crippen molar-refractivity contribution in [1.29, 1.82) is 0 Å². The highest BCUT2D eigenvalue weighted by Gasteiger charge is 2.41. The fourth-order valence-electron chi connectivity index (χ4n) is 3.76. The molecule has 2 heteroatoms. The molecule has 2 nitrogen and oxygen atoms in total. The van der Waals surface area contributed by atoms with Crippen molar-refractivity contribution >= 4 is 0 Å². The molecule has 0 saturated heterocycles. The van der Waals surface area contributed by atoms with Crippen LogP contribution in [0.3, 0.4) is 0 Å². The minimum atomic E-state index is 0.362. The molecule has 19 heavy (non-hydrogen) atoms. The molecular weight excluding hydrogens is 232 g/mol. The molecule has 1 rings (SSSR count). The molecule has 1 fully saturated rings. The first-order chi connectivity index (χ1) is 9.18. The molecule has 0 aliphatic heterocycles. The van der Waals surface area contributed by atoms with Crippen molar-refractivity contribution in [2.45, 2.75) is 84.7 Å². The van der Waals surface area contributed by atoms with Crippen LogP contribution in [0.5, 0.6) is 0 Å². The lowest BCUT2D eigenvalue weighted by Crippen LogP contribution is -2.61. The lowest BCUT2D eigenvalue weighted by molar-refractivity contribution is 0.0441. The average Bonchev–Trinajstić information content (AvgIpc) is 3.25. The van der Waals surface area contributed by atoms with Gasteiger partial charge in [-0.3, -0.25) is 4.90 Å². The number of likely N-dealkylation sites (N-methyl/N-ethyl adjacent to an activating group) is 1. The zero-order chi connectivity index (χ0) is 14.3. The minimum absolute atomic E-state index is 0.362. The highest BCUT2D eigenvalue weighted by Crippen LogP contribution is 2.39. The van der Waals surface area contributed by atoms with E-state index in [1.807, 2.05) is 0 Å². The maximum atomic E-state index is 3.89. The van der Waals surface area contributed by atoms with Gasteiger partial charge < -0.3 is 5.32 Å². The molecule has 0 aromatic carbocycles. The Morgan fingerprint density at radius 3 is 2.00 bits per heavy atom. The Labute approximate surface area is 121 Å². The van der Waals surface area contributed by atoms with Crippen molar-refractivity contribution in [1.82, 2.24) is 10.2 Å². The molecule has 1 aliphatic rings. The molecule has 0 aromatic rings. The van der Waals surface area contributed by atoms with Crippen LogP contribution in [0.15, 0.2) is 0 Å². The molecule has 1 atom stereocenters. The third-order valence-electron chi connectivity index (χ3n) is 5.17. The van der Waals surface area contributed by atoms with E-state index in [0.29, 0.717) is 11.6 Å². The quantitative estimate of drug-likeness (QED) is 0.608. The smallest absolute Gasteiger partial charge is 0.0357 e. The number of hydrogen-bond acceptors (Lipinski definition) is 2. The number of hydrogen-bond donors (Lipinski definition) is 1. The Morgan fingerprint density at radius 2 is 1.63 bits per heavy atom. The first-order valence-electron chi connectivity index (χ1n) is 8.66. The first kappa shape index (κ1) is 17.0. The van der Waals surface area contributed by atoms with Crippen molar-refractivity contribution in [2.75, 3.05) is 19.6 Å². The molecule has 1 N–H and O–H groups in total. The second-order valence-corrected chi connectivity index (χ2v) is 6.17. The number of nitrogens with one attached hydrogen (secondary N) is 1. The van der Waals surface area contributed by atoms with E-state index in [9.17, 15) is 0 Å². The first-order valence-corrected chi connectivity index (χ1v) is 8.66. The third-order valence-corrected chi connectivity index (χ3v) is 5.17. The van der Waals surface area contributed by atoms with Gasteiger partial charge in [-0.2, -0.15) is 0 Å². The summed E-state index contributed by atoms with van der Waals surface area (Å²) in [5, 5.41) is 3.89. The molecule has 1 unspecified atom stereocenters. The lowest BCUT2D eigenvalue weighted by atomic mass is 9.79. The van der Waals surface area contributed by atoms with E-state index in [-0.39, 0.29) is 0 Å². The van der Waals surface area contributed by atoms with E-state index in [1.165, 1.54) is 58.2 Å². The Morgan fingerprint density at radius 1 is 1.05 bits per heavy atom. The van der Waals surface area contributed by atoms with Gasteiger partial charge in [0.1, 0.15) is 0 Å². The van der Waals surface area contributed by atoms with Crippen molar-refractivity contribution in [3.8, 4) is 0 Å². The Balaban J connectivity index is 2.86. The van der Waals surface area contributed by atoms with E-state index in [0.717, 1.165) is 5.92 Å². The van der Waals surface area contributed by atoms with Gasteiger partial charge in [0.25, 0.3) is 0 Å². The van der Waals surface area contributed by atoms with E-state index in [4.69, 9.17) is 0 Å². The molecule has 0 bridgehead atoms. The fraction of sp³-hybridized carbons (Fsp3) is 1.00. The van der Waals surface area contributed by atoms with Gasteiger partial charge in [-0.1, -0.05) is 47.5 Å². The zero-order valence-electron chi connectivity index (χ0n) is 14.0. The summed E-state index contributed by atoms with van der Waals surface area (Å²) in [6.07, 6.45) is 8.08. The standard InChI is InChI=1S/C17H36N2/c1-6-13-18-16(14-15-11-12-15)17(7-2,8-3)19(9-4)10-5/h15-16,18H,6-14H2,1-5H3. The molecule has 0 heterocycles. The van der Waals surface area contributed by atoms with Crippen molar-refractivity contribution < 1.29 is 0 Å². The molecule has 0 spiro atoms. The molecule has 0 radical (unpaired) electrons. The van der Waals surface area contributed by atoms with Crippen LogP contribution >= 0.6 is 0 Å². The topological polar surface area (TPSA) is 15.3 Å². The summed E-state index contributed by atoms with van der Waals surface area (Å²) in [5.41, 5.74) is 0.362. The van der Waals surface area contributed by atoms with Crippen LogP contribution in [0.1, 0.15) is 73.1 Å². The number of nitrogens with zero attached hydrogens (tertiary/aromatic N) is 1. The molecular formula is C17H36N2. The molecule has 0 amide bonds. The summed E-state index contributed by atoms with van der Waals surface area (Å²) in [4.78, 5) is 2.71. The van der Waals surface area contributed by atoms with E-state index >= 15 is 0 Å². The third kappa shape index (κ3) is 4.19. The van der Waals surface area contributed by atoms with Crippen molar-refractivity contribution in [3.63, 3.8) is 0 Å². The monoisotopic (exact) mass is 268 g/mol. The maximum Gasteiger partial charge on any atom is 0.0357 e. The van der Waals surface area contributed by atoms with Crippen LogP contribution in [-0.4, -0.2) is 36.1 Å². The van der Waals surface area contributed by atoms with Gasteiger partial charge in [0, 0.05) is 11.6 Å². The van der Waals surface area contributed by atoms with Crippen molar-refractivity contribution in [2.24, 2.45) is 5.92 Å². The van der Waals surface area contributed by atoms with Crippen molar-refractivity contribution in [3.05, 3.63) is 0 Å². The van der Waals surface area contributed by atoms with Gasteiger partial charge >= 0.3 is 0 Å². The van der Waals surface area contributed by atoms with Crippen LogP contribution in [0.4, 0.5) is 0 Å². The Bertz CT molecular complexity index is 227. The van der Waals surface area contributed by atoms with Crippen LogP contribution in [0.2, 0.25) is 0 Å². The predicted octanol–water partition coefficient (Wildman–Crippen LogP) is 4.06. The average molecular weight is 268 g/mol. The second-order valence-electron chi connectivity index (χ2n) is 6.17. The largest absolute Gasteiger partial charge is 0.312 e. The Kier molecular flexibility index (Phi) is 7.38. The van der Waals surface area contributed by atoms with Gasteiger partial charge in [-0.15, -0.1) is 0 Å². The molecule has 0 aromatic heterocycles. The normalized spacial score (nSPS) is 18.0. The lowest BCUT2D eigenvalue weighted by Gasteiger charge is -2.48. The highest BCUT2D eigenvalue weighted by atomic mass is 15.2. The van der Waals surface area contributed by atoms with Crippen LogP contribution in [0.25, 0.3) is 0 Å².